The van der Waals surface area contributed by atoms with Gasteiger partial charge in [0, 0.05) is 31.2 Å². The minimum absolute atomic E-state index is 0.171. The number of ether oxygens (including phenoxy) is 1. The van der Waals surface area contributed by atoms with Crippen LogP contribution in [0.3, 0.4) is 0 Å². The molecule has 0 aliphatic carbocycles. The molecule has 0 aromatic heterocycles. The summed E-state index contributed by atoms with van der Waals surface area (Å²) >= 11 is 12.2. The van der Waals surface area contributed by atoms with E-state index in [0.717, 1.165) is 0 Å². The molecule has 1 heterocycles. The van der Waals surface area contributed by atoms with Crippen LogP contribution in [0.4, 0.5) is 4.79 Å². The highest BCUT2D eigenvalue weighted by atomic mass is 35.5. The van der Waals surface area contributed by atoms with E-state index in [9.17, 15) is 15.0 Å². The molecule has 0 saturated carbocycles. The van der Waals surface area contributed by atoms with Gasteiger partial charge in [0.15, 0.2) is 0 Å². The number of benzene rings is 1. The van der Waals surface area contributed by atoms with E-state index < -0.39 is 18.1 Å². The van der Waals surface area contributed by atoms with Gasteiger partial charge in [-0.3, -0.25) is 0 Å². The van der Waals surface area contributed by atoms with Gasteiger partial charge in [0.05, 0.1) is 23.3 Å². The molecule has 1 fully saturated rings. The average Bonchev–Trinajstić information content (AvgIpc) is 3.00. The number of aliphatic hydroxyl groups excluding tert-OH is 2. The van der Waals surface area contributed by atoms with E-state index in [1.807, 2.05) is 0 Å². The number of amides is 1. The van der Waals surface area contributed by atoms with E-state index in [4.69, 9.17) is 33.0 Å². The molecule has 2 rings (SSSR count). The van der Waals surface area contributed by atoms with Gasteiger partial charge in [-0.1, -0.05) is 23.2 Å². The number of hydrogen-bond donors (Lipinski definition) is 3. The summed E-state index contributed by atoms with van der Waals surface area (Å²) in [6.45, 7) is 0.340. The van der Waals surface area contributed by atoms with Crippen LogP contribution in [-0.4, -0.2) is 53.1 Å². The van der Waals surface area contributed by atoms with Crippen LogP contribution in [0.2, 0.25) is 10.0 Å². The van der Waals surface area contributed by atoms with Crippen molar-refractivity contribution in [1.82, 2.24) is 4.90 Å². The van der Waals surface area contributed by atoms with Gasteiger partial charge in [-0.2, -0.15) is 0 Å². The van der Waals surface area contributed by atoms with Crippen LogP contribution in [-0.2, 0) is 0 Å². The summed E-state index contributed by atoms with van der Waals surface area (Å²) in [6, 6.07) is 3.16. The Labute approximate surface area is 144 Å². The molecule has 8 heteroatoms. The van der Waals surface area contributed by atoms with Crippen LogP contribution in [0.15, 0.2) is 12.1 Å². The minimum Gasteiger partial charge on any atom is -0.496 e. The quantitative estimate of drug-likeness (QED) is 0.747. The third-order valence-electron chi connectivity index (χ3n) is 4.33. The molecule has 6 nitrogen and oxygen atoms in total. The average molecular weight is 364 g/mol. The van der Waals surface area contributed by atoms with E-state index in [1.54, 1.807) is 12.1 Å². The van der Waals surface area contributed by atoms with Gasteiger partial charge in [0.25, 0.3) is 0 Å². The van der Waals surface area contributed by atoms with E-state index in [2.05, 4.69) is 0 Å². The fourth-order valence-electron chi connectivity index (χ4n) is 3.03. The lowest BCUT2D eigenvalue weighted by Crippen LogP contribution is -2.31. The highest BCUT2D eigenvalue weighted by Gasteiger charge is 2.37. The van der Waals surface area contributed by atoms with Crippen LogP contribution in [0, 0.1) is 11.8 Å². The molecular formula is C15H19Cl2NO5. The Morgan fingerprint density at radius 2 is 2.17 bits per heavy atom. The number of carboxylic acid groups (broad SMARTS) is 1. The third kappa shape index (κ3) is 3.66. The number of halogens is 2. The molecule has 0 bridgehead atoms. The maximum atomic E-state index is 11.0. The van der Waals surface area contributed by atoms with Crippen LogP contribution in [0.1, 0.15) is 18.1 Å². The van der Waals surface area contributed by atoms with E-state index >= 15 is 0 Å². The predicted molar refractivity (Wildman–Crippen MR) is 86.3 cm³/mol. The first-order valence-electron chi connectivity index (χ1n) is 7.19. The van der Waals surface area contributed by atoms with E-state index in [0.29, 0.717) is 24.3 Å². The Morgan fingerprint density at radius 3 is 2.70 bits per heavy atom. The maximum absolute atomic E-state index is 11.0. The number of aliphatic hydroxyl groups is 2. The second kappa shape index (κ2) is 7.57. The summed E-state index contributed by atoms with van der Waals surface area (Å²) in [7, 11) is 1.45. The number of methoxy groups -OCH3 is 1. The molecule has 1 saturated heterocycles. The molecule has 1 aliphatic heterocycles. The summed E-state index contributed by atoms with van der Waals surface area (Å²) in [4.78, 5) is 12.3. The Bertz CT molecular complexity index is 583. The van der Waals surface area contributed by atoms with Crippen LogP contribution < -0.4 is 4.74 Å². The standard InChI is InChI=1S/C15H19Cl2NO5/c1-23-11-3-2-10(16)13(17)12(11)14(20)9(7-19)8-4-5-18(6-8)15(21)22/h2-3,8-9,14,19-20H,4-7H2,1H3,(H,21,22)/t8-,9?,14?/m0/s1. The summed E-state index contributed by atoms with van der Waals surface area (Å²) in [6.07, 6.45) is -1.55. The summed E-state index contributed by atoms with van der Waals surface area (Å²) in [5, 5.41) is 30.0. The molecular weight excluding hydrogens is 345 g/mol. The Hall–Kier alpha value is -1.21. The zero-order valence-corrected chi connectivity index (χ0v) is 14.1. The fourth-order valence-corrected chi connectivity index (χ4v) is 3.47. The van der Waals surface area contributed by atoms with Crippen molar-refractivity contribution in [3.8, 4) is 5.75 Å². The molecule has 1 aromatic rings. The fraction of sp³-hybridized carbons (Fsp3) is 0.533. The SMILES string of the molecule is COc1ccc(Cl)c(Cl)c1C(O)C(CO)[C@H]1CCN(C(=O)O)C1. The Kier molecular flexibility index (Phi) is 5.97. The highest BCUT2D eigenvalue weighted by molar-refractivity contribution is 6.42. The Balaban J connectivity index is 2.29. The smallest absolute Gasteiger partial charge is 0.407 e. The normalized spacial score (nSPS) is 20.4. The molecule has 0 spiro atoms. The first-order chi connectivity index (χ1) is 10.9. The predicted octanol–water partition coefficient (Wildman–Crippen LogP) is 2.64. The molecule has 1 aromatic carbocycles. The van der Waals surface area contributed by atoms with Crippen molar-refractivity contribution in [2.45, 2.75) is 12.5 Å². The van der Waals surface area contributed by atoms with Gasteiger partial charge < -0.3 is 25.0 Å². The van der Waals surface area contributed by atoms with Gasteiger partial charge in [-0.05, 0) is 24.5 Å². The highest BCUT2D eigenvalue weighted by Crippen LogP contribution is 2.42. The zero-order chi connectivity index (χ0) is 17.1. The first-order valence-corrected chi connectivity index (χ1v) is 7.95. The number of likely N-dealkylation sites (tertiary alicyclic amines) is 1. The van der Waals surface area contributed by atoms with Crippen molar-refractivity contribution in [3.63, 3.8) is 0 Å². The summed E-state index contributed by atoms with van der Waals surface area (Å²) < 4.78 is 5.23. The Morgan fingerprint density at radius 1 is 1.48 bits per heavy atom. The zero-order valence-electron chi connectivity index (χ0n) is 12.6. The monoisotopic (exact) mass is 363 g/mol. The van der Waals surface area contributed by atoms with Crippen LogP contribution >= 0.6 is 23.2 Å². The largest absolute Gasteiger partial charge is 0.496 e. The van der Waals surface area contributed by atoms with Crippen LogP contribution in [0.25, 0.3) is 0 Å². The molecule has 0 radical (unpaired) electrons. The van der Waals surface area contributed by atoms with Crippen molar-refractivity contribution in [3.05, 3.63) is 27.7 Å². The van der Waals surface area contributed by atoms with E-state index in [1.165, 1.54) is 12.0 Å². The van der Waals surface area contributed by atoms with Crippen molar-refractivity contribution < 1.29 is 24.9 Å². The topological polar surface area (TPSA) is 90.2 Å². The van der Waals surface area contributed by atoms with Gasteiger partial charge in [-0.15, -0.1) is 0 Å². The first kappa shape index (κ1) is 18.1. The molecule has 1 amide bonds. The van der Waals surface area contributed by atoms with Crippen molar-refractivity contribution in [1.29, 1.82) is 0 Å². The number of nitrogens with zero attached hydrogens (tertiary/aromatic N) is 1. The van der Waals surface area contributed by atoms with Crippen molar-refractivity contribution >= 4 is 29.3 Å². The molecule has 128 valence electrons. The van der Waals surface area contributed by atoms with E-state index in [-0.39, 0.29) is 29.1 Å². The van der Waals surface area contributed by atoms with Crippen molar-refractivity contribution in [2.24, 2.45) is 11.8 Å². The lowest BCUT2D eigenvalue weighted by molar-refractivity contribution is 0.0321. The molecule has 3 N–H and O–H groups in total. The minimum atomic E-state index is -1.11. The molecule has 3 atom stereocenters. The lowest BCUT2D eigenvalue weighted by atomic mass is 9.84. The second-order valence-corrected chi connectivity index (χ2v) is 6.33. The summed E-state index contributed by atoms with van der Waals surface area (Å²) in [5.41, 5.74) is 0.314. The second-order valence-electron chi connectivity index (χ2n) is 5.55. The maximum Gasteiger partial charge on any atom is 0.407 e. The number of rotatable bonds is 5. The number of hydrogen-bond acceptors (Lipinski definition) is 4. The molecule has 23 heavy (non-hydrogen) atoms. The summed E-state index contributed by atoms with van der Waals surface area (Å²) in [5.74, 6) is -0.367. The number of carbonyl (C=O) groups is 1. The lowest BCUT2D eigenvalue weighted by Gasteiger charge is -2.28. The van der Waals surface area contributed by atoms with Crippen LogP contribution in [0.5, 0.6) is 5.75 Å². The molecule has 2 unspecified atom stereocenters. The van der Waals surface area contributed by atoms with Crippen molar-refractivity contribution in [2.75, 3.05) is 26.8 Å². The molecule has 1 aliphatic rings. The third-order valence-corrected chi connectivity index (χ3v) is 5.14. The van der Waals surface area contributed by atoms with Gasteiger partial charge >= 0.3 is 6.09 Å². The van der Waals surface area contributed by atoms with Gasteiger partial charge in [0.1, 0.15) is 5.75 Å². The van der Waals surface area contributed by atoms with Gasteiger partial charge in [0.2, 0.25) is 0 Å². The van der Waals surface area contributed by atoms with Gasteiger partial charge in [-0.25, -0.2) is 4.79 Å².